The molecule has 0 unspecified atom stereocenters. The van der Waals surface area contributed by atoms with Crippen molar-refractivity contribution in [3.05, 3.63) is 47.8 Å². The monoisotopic (exact) mass is 334 g/mol. The van der Waals surface area contributed by atoms with Crippen LogP contribution in [-0.4, -0.2) is 27.7 Å². The third kappa shape index (κ3) is 2.90. The van der Waals surface area contributed by atoms with Crippen molar-refractivity contribution in [2.45, 2.75) is 34.1 Å². The van der Waals surface area contributed by atoms with Crippen LogP contribution in [0.3, 0.4) is 0 Å². The van der Waals surface area contributed by atoms with Gasteiger partial charge in [-0.15, -0.1) is 0 Å². The van der Waals surface area contributed by atoms with Crippen LogP contribution in [0.4, 0.5) is 5.82 Å². The zero-order valence-corrected chi connectivity index (χ0v) is 15.5. The first kappa shape index (κ1) is 16.1. The Hall–Kier alpha value is -2.36. The summed E-state index contributed by atoms with van der Waals surface area (Å²) in [5, 5.41) is 4.87. The molecule has 0 radical (unpaired) electrons. The molecular weight excluding hydrogens is 308 g/mol. The van der Waals surface area contributed by atoms with E-state index in [0.29, 0.717) is 11.8 Å². The molecule has 0 aliphatic carbocycles. The predicted octanol–water partition coefficient (Wildman–Crippen LogP) is 4.50. The summed E-state index contributed by atoms with van der Waals surface area (Å²) in [7, 11) is 0. The normalized spacial score (nSPS) is 21.0. The van der Waals surface area contributed by atoms with Crippen molar-refractivity contribution in [2.24, 2.45) is 11.8 Å². The van der Waals surface area contributed by atoms with Crippen molar-refractivity contribution in [3.8, 4) is 11.1 Å². The molecule has 3 heterocycles. The van der Waals surface area contributed by atoms with Crippen molar-refractivity contribution in [1.82, 2.24) is 14.6 Å². The largest absolute Gasteiger partial charge is 0.356 e. The molecule has 0 N–H and O–H groups in total. The Bertz CT molecular complexity index is 887. The summed E-state index contributed by atoms with van der Waals surface area (Å²) in [5.41, 5.74) is 5.36. The number of hydrogen-bond acceptors (Lipinski definition) is 3. The van der Waals surface area contributed by atoms with Crippen molar-refractivity contribution in [3.63, 3.8) is 0 Å². The van der Waals surface area contributed by atoms with Crippen LogP contribution in [0.2, 0.25) is 0 Å². The highest BCUT2D eigenvalue weighted by Crippen LogP contribution is 2.32. The van der Waals surface area contributed by atoms with Gasteiger partial charge >= 0.3 is 0 Å². The Morgan fingerprint density at radius 1 is 1.00 bits per heavy atom. The van der Waals surface area contributed by atoms with Gasteiger partial charge in [0.25, 0.3) is 0 Å². The average Bonchev–Trinajstić information content (AvgIpc) is 2.89. The van der Waals surface area contributed by atoms with Gasteiger partial charge in [0.15, 0.2) is 5.65 Å². The summed E-state index contributed by atoms with van der Waals surface area (Å²) in [6.07, 6.45) is 1.30. The van der Waals surface area contributed by atoms with Crippen molar-refractivity contribution in [1.29, 1.82) is 0 Å². The average molecular weight is 334 g/mol. The zero-order valence-electron chi connectivity index (χ0n) is 15.5. The van der Waals surface area contributed by atoms with Crippen LogP contribution < -0.4 is 4.90 Å². The van der Waals surface area contributed by atoms with E-state index in [0.717, 1.165) is 35.7 Å². The van der Waals surface area contributed by atoms with Crippen molar-refractivity contribution in [2.75, 3.05) is 18.0 Å². The topological polar surface area (TPSA) is 33.4 Å². The fourth-order valence-electron chi connectivity index (χ4n) is 4.24. The highest BCUT2D eigenvalue weighted by Gasteiger charge is 2.25. The molecule has 4 heteroatoms. The molecule has 4 rings (SSSR count). The fourth-order valence-corrected chi connectivity index (χ4v) is 4.24. The Morgan fingerprint density at radius 3 is 2.36 bits per heavy atom. The number of fused-ring (bicyclic) bond motifs is 1. The van der Waals surface area contributed by atoms with Crippen LogP contribution in [0, 0.1) is 25.7 Å². The molecule has 1 aliphatic rings. The smallest absolute Gasteiger partial charge is 0.165 e. The number of benzene rings is 1. The van der Waals surface area contributed by atoms with Crippen LogP contribution in [0.5, 0.6) is 0 Å². The standard InChI is InChI=1S/C21H26N4/c1-14-10-15(2)13-24(12-14)19-11-16(3)22-21-20(17(4)23-25(19)21)18-8-6-5-7-9-18/h5-9,11,14-15H,10,12-13H2,1-4H3/t14-,15+. The minimum absolute atomic E-state index is 0.706. The van der Waals surface area contributed by atoms with E-state index in [-0.39, 0.29) is 0 Å². The Morgan fingerprint density at radius 2 is 1.68 bits per heavy atom. The third-order valence-electron chi connectivity index (χ3n) is 5.13. The first-order chi connectivity index (χ1) is 12.0. The summed E-state index contributed by atoms with van der Waals surface area (Å²) in [4.78, 5) is 7.33. The van der Waals surface area contributed by atoms with Gasteiger partial charge in [-0.2, -0.15) is 9.61 Å². The number of rotatable bonds is 2. The maximum atomic E-state index is 4.87. The van der Waals surface area contributed by atoms with Gasteiger partial charge in [-0.05, 0) is 37.7 Å². The molecule has 1 aromatic carbocycles. The molecule has 25 heavy (non-hydrogen) atoms. The van der Waals surface area contributed by atoms with E-state index in [1.165, 1.54) is 17.8 Å². The maximum Gasteiger partial charge on any atom is 0.165 e. The number of aryl methyl sites for hydroxylation is 2. The van der Waals surface area contributed by atoms with Crippen LogP contribution in [0.1, 0.15) is 31.7 Å². The molecule has 2 aromatic heterocycles. The zero-order chi connectivity index (χ0) is 17.6. The Balaban J connectivity index is 1.90. The van der Waals surface area contributed by atoms with Gasteiger partial charge < -0.3 is 4.90 Å². The molecule has 0 amide bonds. The van der Waals surface area contributed by atoms with E-state index >= 15 is 0 Å². The highest BCUT2D eigenvalue weighted by molar-refractivity contribution is 5.81. The Labute approximate surface area is 149 Å². The first-order valence-corrected chi connectivity index (χ1v) is 9.20. The second-order valence-electron chi connectivity index (χ2n) is 7.67. The van der Waals surface area contributed by atoms with Gasteiger partial charge in [0.1, 0.15) is 5.82 Å². The summed E-state index contributed by atoms with van der Waals surface area (Å²) >= 11 is 0. The van der Waals surface area contributed by atoms with E-state index in [2.05, 4.69) is 67.4 Å². The van der Waals surface area contributed by atoms with Crippen LogP contribution in [0.15, 0.2) is 36.4 Å². The number of piperidine rings is 1. The minimum Gasteiger partial charge on any atom is -0.356 e. The summed E-state index contributed by atoms with van der Waals surface area (Å²) in [5.74, 6) is 2.58. The summed E-state index contributed by atoms with van der Waals surface area (Å²) in [6, 6.07) is 12.6. The second-order valence-corrected chi connectivity index (χ2v) is 7.67. The fraction of sp³-hybridized carbons (Fsp3) is 0.429. The number of anilines is 1. The SMILES string of the molecule is Cc1cc(N2C[C@H](C)C[C@H](C)C2)n2nc(C)c(-c3ccccc3)c2n1. The minimum atomic E-state index is 0.706. The third-order valence-corrected chi connectivity index (χ3v) is 5.13. The molecular formula is C21H26N4. The molecule has 1 saturated heterocycles. The molecule has 1 aliphatic heterocycles. The first-order valence-electron chi connectivity index (χ1n) is 9.20. The second kappa shape index (κ2) is 6.17. The molecule has 0 bridgehead atoms. The van der Waals surface area contributed by atoms with Crippen molar-refractivity contribution >= 4 is 11.5 Å². The van der Waals surface area contributed by atoms with Gasteiger partial charge in [-0.25, -0.2) is 4.98 Å². The molecule has 3 aromatic rings. The van der Waals surface area contributed by atoms with E-state index in [1.54, 1.807) is 0 Å². The Kier molecular flexibility index (Phi) is 3.98. The van der Waals surface area contributed by atoms with E-state index < -0.39 is 0 Å². The van der Waals surface area contributed by atoms with E-state index in [9.17, 15) is 0 Å². The quantitative estimate of drug-likeness (QED) is 0.692. The summed E-state index contributed by atoms with van der Waals surface area (Å²) in [6.45, 7) is 11.0. The van der Waals surface area contributed by atoms with Gasteiger partial charge in [0.05, 0.1) is 5.69 Å². The molecule has 4 nitrogen and oxygen atoms in total. The molecule has 130 valence electrons. The molecule has 0 spiro atoms. The van der Waals surface area contributed by atoms with Gasteiger partial charge in [-0.3, -0.25) is 0 Å². The summed E-state index contributed by atoms with van der Waals surface area (Å²) < 4.78 is 2.05. The van der Waals surface area contributed by atoms with Gasteiger partial charge in [-0.1, -0.05) is 44.2 Å². The molecule has 0 saturated carbocycles. The lowest BCUT2D eigenvalue weighted by Gasteiger charge is -2.36. The van der Waals surface area contributed by atoms with E-state index in [4.69, 9.17) is 10.1 Å². The number of hydrogen-bond donors (Lipinski definition) is 0. The lowest BCUT2D eigenvalue weighted by molar-refractivity contribution is 0.354. The lowest BCUT2D eigenvalue weighted by Crippen LogP contribution is -2.39. The predicted molar refractivity (Wildman–Crippen MR) is 103 cm³/mol. The van der Waals surface area contributed by atoms with Crippen LogP contribution >= 0.6 is 0 Å². The van der Waals surface area contributed by atoms with E-state index in [1.807, 2.05) is 6.07 Å². The molecule has 1 fully saturated rings. The number of nitrogens with zero attached hydrogens (tertiary/aromatic N) is 4. The van der Waals surface area contributed by atoms with Gasteiger partial charge in [0.2, 0.25) is 0 Å². The molecule has 2 atom stereocenters. The van der Waals surface area contributed by atoms with Crippen molar-refractivity contribution < 1.29 is 0 Å². The maximum absolute atomic E-state index is 4.87. The van der Waals surface area contributed by atoms with Crippen LogP contribution in [-0.2, 0) is 0 Å². The van der Waals surface area contributed by atoms with Gasteiger partial charge in [0, 0.05) is 30.4 Å². The lowest BCUT2D eigenvalue weighted by atomic mass is 9.92. The number of aromatic nitrogens is 3. The van der Waals surface area contributed by atoms with Crippen LogP contribution in [0.25, 0.3) is 16.8 Å². The highest BCUT2D eigenvalue weighted by atomic mass is 15.4.